The number of anilines is 1. The van der Waals surface area contributed by atoms with Crippen LogP contribution in [0.1, 0.15) is 29.2 Å². The van der Waals surface area contributed by atoms with Gasteiger partial charge in [0.2, 0.25) is 0 Å². The van der Waals surface area contributed by atoms with Gasteiger partial charge in [-0.15, -0.1) is 0 Å². The highest BCUT2D eigenvalue weighted by Gasteiger charge is 2.03. The van der Waals surface area contributed by atoms with Gasteiger partial charge in [-0.25, -0.2) is 5.43 Å². The number of hydrazone groups is 1. The zero-order valence-electron chi connectivity index (χ0n) is 14.1. The molecule has 4 nitrogen and oxygen atoms in total. The molecule has 0 unspecified atom stereocenters. The van der Waals surface area contributed by atoms with Crippen molar-refractivity contribution >= 4 is 17.3 Å². The molecule has 0 spiro atoms. The maximum atomic E-state index is 11.9. The van der Waals surface area contributed by atoms with Gasteiger partial charge in [-0.05, 0) is 44.9 Å². The van der Waals surface area contributed by atoms with Gasteiger partial charge in [0.05, 0.1) is 12.3 Å². The lowest BCUT2D eigenvalue weighted by atomic mass is 10.1. The Morgan fingerprint density at radius 2 is 1.65 bits per heavy atom. The number of aryl methyl sites for hydroxylation is 3. The van der Waals surface area contributed by atoms with Gasteiger partial charge in [-0.1, -0.05) is 47.5 Å². The smallest absolute Gasteiger partial charge is 0.259 e. The minimum Gasteiger partial charge on any atom is -0.376 e. The molecule has 0 saturated heterocycles. The molecule has 0 aromatic heterocycles. The number of amides is 1. The second-order valence-corrected chi connectivity index (χ2v) is 5.77. The van der Waals surface area contributed by atoms with Crippen LogP contribution in [0, 0.1) is 20.8 Å². The van der Waals surface area contributed by atoms with Crippen molar-refractivity contribution in [1.29, 1.82) is 0 Å². The molecule has 0 aliphatic rings. The van der Waals surface area contributed by atoms with Crippen LogP contribution in [0.4, 0.5) is 5.69 Å². The number of nitrogens with zero attached hydrogens (tertiary/aromatic N) is 1. The van der Waals surface area contributed by atoms with Crippen molar-refractivity contribution in [3.63, 3.8) is 0 Å². The van der Waals surface area contributed by atoms with E-state index in [1.54, 1.807) is 0 Å². The van der Waals surface area contributed by atoms with Gasteiger partial charge in [0, 0.05) is 5.69 Å². The van der Waals surface area contributed by atoms with Crippen molar-refractivity contribution in [1.82, 2.24) is 5.43 Å². The van der Waals surface area contributed by atoms with Crippen molar-refractivity contribution < 1.29 is 4.79 Å². The molecule has 0 fully saturated rings. The molecular formula is C19H23N3O. The minimum atomic E-state index is -0.170. The molecule has 0 aliphatic heterocycles. The molecule has 2 N–H and O–H groups in total. The third-order valence-electron chi connectivity index (χ3n) is 3.64. The summed E-state index contributed by atoms with van der Waals surface area (Å²) < 4.78 is 0. The molecular weight excluding hydrogens is 286 g/mol. The molecule has 0 saturated carbocycles. The highest BCUT2D eigenvalue weighted by Crippen LogP contribution is 2.15. The summed E-state index contributed by atoms with van der Waals surface area (Å²) >= 11 is 0. The molecule has 23 heavy (non-hydrogen) atoms. The Labute approximate surface area is 137 Å². The summed E-state index contributed by atoms with van der Waals surface area (Å²) in [6.45, 7) is 8.17. The van der Waals surface area contributed by atoms with Gasteiger partial charge < -0.3 is 5.32 Å². The van der Waals surface area contributed by atoms with Crippen LogP contribution >= 0.6 is 0 Å². The molecule has 0 heterocycles. The van der Waals surface area contributed by atoms with Crippen molar-refractivity contribution in [2.45, 2.75) is 27.7 Å². The Kier molecular flexibility index (Phi) is 5.52. The first kappa shape index (κ1) is 16.7. The number of hydrogen-bond donors (Lipinski definition) is 2. The van der Waals surface area contributed by atoms with Gasteiger partial charge in [-0.2, -0.15) is 5.10 Å². The van der Waals surface area contributed by atoms with E-state index in [1.807, 2.05) is 64.1 Å². The first-order valence-electron chi connectivity index (χ1n) is 7.67. The Hall–Kier alpha value is -2.62. The SMILES string of the molecule is C/C(=N\NC(=O)CNc1ccc(C)cc1C)c1ccc(C)cc1. The Morgan fingerprint density at radius 3 is 2.30 bits per heavy atom. The van der Waals surface area contributed by atoms with Crippen LogP contribution in [0.2, 0.25) is 0 Å². The van der Waals surface area contributed by atoms with E-state index in [2.05, 4.69) is 21.9 Å². The zero-order chi connectivity index (χ0) is 16.8. The molecule has 2 rings (SSSR count). The molecule has 0 bridgehead atoms. The zero-order valence-corrected chi connectivity index (χ0v) is 14.1. The van der Waals surface area contributed by atoms with E-state index >= 15 is 0 Å². The quantitative estimate of drug-likeness (QED) is 0.655. The van der Waals surface area contributed by atoms with Gasteiger partial charge in [0.25, 0.3) is 5.91 Å². The van der Waals surface area contributed by atoms with E-state index in [1.165, 1.54) is 11.1 Å². The summed E-state index contributed by atoms with van der Waals surface area (Å²) in [4.78, 5) is 11.9. The predicted octanol–water partition coefficient (Wildman–Crippen LogP) is 3.56. The molecule has 1 amide bonds. The molecule has 4 heteroatoms. The van der Waals surface area contributed by atoms with E-state index in [0.29, 0.717) is 0 Å². The standard InChI is InChI=1S/C19H23N3O/c1-13-5-8-17(9-6-13)16(4)21-22-19(23)12-20-18-10-7-14(2)11-15(18)3/h5-11,20H,12H2,1-4H3,(H,22,23)/b21-16+. The first-order chi connectivity index (χ1) is 11.0. The lowest BCUT2D eigenvalue weighted by molar-refractivity contribution is -0.119. The van der Waals surface area contributed by atoms with Crippen molar-refractivity contribution in [3.8, 4) is 0 Å². The topological polar surface area (TPSA) is 53.5 Å². The normalized spacial score (nSPS) is 11.2. The van der Waals surface area contributed by atoms with Gasteiger partial charge in [0.1, 0.15) is 0 Å². The van der Waals surface area contributed by atoms with E-state index < -0.39 is 0 Å². The second-order valence-electron chi connectivity index (χ2n) is 5.77. The average Bonchev–Trinajstić information content (AvgIpc) is 2.52. The fraction of sp³-hybridized carbons (Fsp3) is 0.263. The highest BCUT2D eigenvalue weighted by molar-refractivity contribution is 5.99. The Balaban J connectivity index is 1.89. The van der Waals surface area contributed by atoms with Crippen molar-refractivity contribution in [2.24, 2.45) is 5.10 Å². The fourth-order valence-electron chi connectivity index (χ4n) is 2.23. The highest BCUT2D eigenvalue weighted by atomic mass is 16.2. The third kappa shape index (κ3) is 4.95. The van der Waals surface area contributed by atoms with E-state index in [0.717, 1.165) is 22.5 Å². The molecule has 0 atom stereocenters. The number of nitrogens with one attached hydrogen (secondary N) is 2. The summed E-state index contributed by atoms with van der Waals surface area (Å²) in [5, 5.41) is 7.28. The Morgan fingerprint density at radius 1 is 1.00 bits per heavy atom. The average molecular weight is 309 g/mol. The number of carbonyl (C=O) groups excluding carboxylic acids is 1. The maximum absolute atomic E-state index is 11.9. The third-order valence-corrected chi connectivity index (χ3v) is 3.64. The monoisotopic (exact) mass is 309 g/mol. The van der Waals surface area contributed by atoms with Crippen LogP contribution in [0.25, 0.3) is 0 Å². The molecule has 2 aromatic carbocycles. The Bertz CT molecular complexity index is 718. The van der Waals surface area contributed by atoms with E-state index in [-0.39, 0.29) is 12.5 Å². The molecule has 120 valence electrons. The van der Waals surface area contributed by atoms with Crippen LogP contribution in [-0.4, -0.2) is 18.2 Å². The van der Waals surface area contributed by atoms with E-state index in [4.69, 9.17) is 0 Å². The van der Waals surface area contributed by atoms with Crippen LogP contribution in [0.3, 0.4) is 0 Å². The summed E-state index contributed by atoms with van der Waals surface area (Å²) in [7, 11) is 0. The van der Waals surface area contributed by atoms with Gasteiger partial charge >= 0.3 is 0 Å². The predicted molar refractivity (Wildman–Crippen MR) is 95.9 cm³/mol. The van der Waals surface area contributed by atoms with Gasteiger partial charge in [-0.3, -0.25) is 4.79 Å². The van der Waals surface area contributed by atoms with Crippen LogP contribution in [0.15, 0.2) is 47.6 Å². The largest absolute Gasteiger partial charge is 0.376 e. The van der Waals surface area contributed by atoms with Crippen molar-refractivity contribution in [3.05, 3.63) is 64.7 Å². The summed E-state index contributed by atoms with van der Waals surface area (Å²) in [6.07, 6.45) is 0. The van der Waals surface area contributed by atoms with Crippen molar-refractivity contribution in [2.75, 3.05) is 11.9 Å². The summed E-state index contributed by atoms with van der Waals surface area (Å²) in [5.41, 5.74) is 8.85. The molecule has 0 aliphatic carbocycles. The summed E-state index contributed by atoms with van der Waals surface area (Å²) in [6, 6.07) is 14.1. The molecule has 0 radical (unpaired) electrons. The second kappa shape index (κ2) is 7.58. The van der Waals surface area contributed by atoms with E-state index in [9.17, 15) is 4.79 Å². The minimum absolute atomic E-state index is 0.170. The fourth-order valence-corrected chi connectivity index (χ4v) is 2.23. The molecule has 2 aromatic rings. The lowest BCUT2D eigenvalue weighted by Gasteiger charge is -2.09. The number of hydrogen-bond acceptors (Lipinski definition) is 3. The van der Waals surface area contributed by atoms with Gasteiger partial charge in [0.15, 0.2) is 0 Å². The van der Waals surface area contributed by atoms with Crippen LogP contribution in [0.5, 0.6) is 0 Å². The van der Waals surface area contributed by atoms with Crippen LogP contribution in [-0.2, 0) is 4.79 Å². The first-order valence-corrected chi connectivity index (χ1v) is 7.67. The maximum Gasteiger partial charge on any atom is 0.259 e. The number of rotatable bonds is 5. The lowest BCUT2D eigenvalue weighted by Crippen LogP contribution is -2.27. The number of carbonyl (C=O) groups is 1. The van der Waals surface area contributed by atoms with Crippen LogP contribution < -0.4 is 10.7 Å². The number of benzene rings is 2. The summed E-state index contributed by atoms with van der Waals surface area (Å²) in [5.74, 6) is -0.170.